The highest BCUT2D eigenvalue weighted by Crippen LogP contribution is 2.29. The lowest BCUT2D eigenvalue weighted by molar-refractivity contribution is -0.0224. The van der Waals surface area contributed by atoms with Gasteiger partial charge >= 0.3 is 0 Å². The normalized spacial score (nSPS) is 21.5. The summed E-state index contributed by atoms with van der Waals surface area (Å²) < 4.78 is 29.9. The summed E-state index contributed by atoms with van der Waals surface area (Å²) in [5, 5.41) is 11.9. The number of nitrogens with one attached hydrogen (secondary N) is 1. The first-order valence-electron chi connectivity index (χ1n) is 7.04. The van der Waals surface area contributed by atoms with Crippen LogP contribution in [-0.2, 0) is 14.6 Å². The number of benzene rings is 1. The maximum atomic E-state index is 12.2. The molecule has 0 aromatic heterocycles. The van der Waals surface area contributed by atoms with Gasteiger partial charge in [0.05, 0.1) is 35.0 Å². The number of ether oxygens (including phenoxy) is 1. The fourth-order valence-corrected chi connectivity index (χ4v) is 3.61. The van der Waals surface area contributed by atoms with Gasteiger partial charge in [-0.05, 0) is 50.6 Å². The van der Waals surface area contributed by atoms with Crippen molar-refractivity contribution in [2.75, 3.05) is 26.0 Å². The number of nitrogens with zero attached hydrogens (tertiary/aromatic N) is 1. The van der Waals surface area contributed by atoms with Crippen molar-refractivity contribution < 1.29 is 13.2 Å². The predicted octanol–water partition coefficient (Wildman–Crippen LogP) is 1.35. The molecule has 5 nitrogen and oxygen atoms in total. The summed E-state index contributed by atoms with van der Waals surface area (Å²) in [5.74, 6) is 0.596. The Morgan fingerprint density at radius 3 is 2.86 bits per heavy atom. The van der Waals surface area contributed by atoms with Gasteiger partial charge in [-0.15, -0.1) is 0 Å². The second kappa shape index (κ2) is 7.03. The van der Waals surface area contributed by atoms with Gasteiger partial charge in [-0.1, -0.05) is 6.07 Å². The van der Waals surface area contributed by atoms with Crippen LogP contribution in [0.5, 0.6) is 0 Å². The van der Waals surface area contributed by atoms with Crippen molar-refractivity contribution in [3.63, 3.8) is 0 Å². The van der Waals surface area contributed by atoms with Gasteiger partial charge in [-0.2, -0.15) is 5.26 Å². The van der Waals surface area contributed by atoms with Gasteiger partial charge in [-0.25, -0.2) is 8.42 Å². The van der Waals surface area contributed by atoms with Crippen molar-refractivity contribution >= 4 is 9.84 Å². The molecule has 21 heavy (non-hydrogen) atoms. The third-order valence-corrected chi connectivity index (χ3v) is 5.39. The summed E-state index contributed by atoms with van der Waals surface area (Å²) in [5.41, 5.74) is 0.353. The van der Waals surface area contributed by atoms with E-state index in [1.165, 1.54) is 12.1 Å². The average molecular weight is 308 g/mol. The number of hydrogen-bond donors (Lipinski definition) is 1. The predicted molar refractivity (Wildman–Crippen MR) is 79.6 cm³/mol. The second-order valence-electron chi connectivity index (χ2n) is 5.35. The van der Waals surface area contributed by atoms with E-state index in [4.69, 9.17) is 10.00 Å². The third-order valence-electron chi connectivity index (χ3n) is 3.71. The smallest absolute Gasteiger partial charge is 0.180 e. The van der Waals surface area contributed by atoms with E-state index in [1.54, 1.807) is 12.1 Å². The zero-order valence-electron chi connectivity index (χ0n) is 12.1. The molecule has 1 N–H and O–H groups in total. The molecule has 1 fully saturated rings. The van der Waals surface area contributed by atoms with E-state index in [2.05, 4.69) is 5.32 Å². The van der Waals surface area contributed by atoms with E-state index in [9.17, 15) is 8.42 Å². The minimum atomic E-state index is -3.38. The van der Waals surface area contributed by atoms with Crippen LogP contribution in [0, 0.1) is 17.2 Å². The first-order valence-corrected chi connectivity index (χ1v) is 8.69. The molecule has 1 aromatic carbocycles. The molecule has 0 bridgehead atoms. The maximum absolute atomic E-state index is 12.2. The minimum Gasteiger partial charge on any atom is -0.377 e. The molecule has 0 unspecified atom stereocenters. The van der Waals surface area contributed by atoms with Crippen LogP contribution < -0.4 is 5.32 Å². The quantitative estimate of drug-likeness (QED) is 0.822. The lowest BCUT2D eigenvalue weighted by Gasteiger charge is -2.35. The molecule has 0 atom stereocenters. The Labute approximate surface area is 125 Å². The summed E-state index contributed by atoms with van der Waals surface area (Å²) in [6, 6.07) is 8.04. The molecule has 0 saturated heterocycles. The van der Waals surface area contributed by atoms with Crippen LogP contribution in [0.3, 0.4) is 0 Å². The van der Waals surface area contributed by atoms with E-state index in [-0.39, 0.29) is 23.4 Å². The number of hydrogen-bond acceptors (Lipinski definition) is 5. The van der Waals surface area contributed by atoms with Crippen LogP contribution in [-0.4, -0.2) is 40.5 Å². The molecule has 114 valence electrons. The lowest BCUT2D eigenvalue weighted by Crippen LogP contribution is -2.37. The van der Waals surface area contributed by atoms with Crippen LogP contribution in [0.25, 0.3) is 0 Å². The molecular weight excluding hydrogens is 288 g/mol. The molecule has 1 saturated carbocycles. The van der Waals surface area contributed by atoms with Gasteiger partial charge < -0.3 is 10.1 Å². The van der Waals surface area contributed by atoms with Gasteiger partial charge in [0.25, 0.3) is 0 Å². The highest BCUT2D eigenvalue weighted by atomic mass is 32.2. The molecule has 0 spiro atoms. The Morgan fingerprint density at radius 1 is 1.43 bits per heavy atom. The van der Waals surface area contributed by atoms with Crippen LogP contribution in [0.15, 0.2) is 29.2 Å². The third kappa shape index (κ3) is 4.27. The van der Waals surface area contributed by atoms with E-state index >= 15 is 0 Å². The molecule has 1 aromatic rings. The first kappa shape index (κ1) is 16.0. The van der Waals surface area contributed by atoms with Crippen LogP contribution in [0.2, 0.25) is 0 Å². The monoisotopic (exact) mass is 308 g/mol. The van der Waals surface area contributed by atoms with Crippen LogP contribution >= 0.6 is 0 Å². The molecule has 1 aliphatic carbocycles. The van der Waals surface area contributed by atoms with Gasteiger partial charge in [0.1, 0.15) is 0 Å². The van der Waals surface area contributed by atoms with Crippen molar-refractivity contribution in [1.29, 1.82) is 5.26 Å². The number of nitriles is 1. The molecule has 0 heterocycles. The minimum absolute atomic E-state index is 0.0466. The van der Waals surface area contributed by atoms with Crippen LogP contribution in [0.4, 0.5) is 0 Å². The average Bonchev–Trinajstić information content (AvgIpc) is 2.44. The van der Waals surface area contributed by atoms with E-state index in [0.29, 0.717) is 11.5 Å². The van der Waals surface area contributed by atoms with Gasteiger partial charge in [0.15, 0.2) is 9.84 Å². The summed E-state index contributed by atoms with van der Waals surface area (Å²) in [7, 11) is -1.46. The van der Waals surface area contributed by atoms with Crippen molar-refractivity contribution in [1.82, 2.24) is 5.32 Å². The summed E-state index contributed by atoms with van der Waals surface area (Å²) >= 11 is 0. The van der Waals surface area contributed by atoms with Crippen molar-refractivity contribution in [2.24, 2.45) is 5.92 Å². The highest BCUT2D eigenvalue weighted by molar-refractivity contribution is 7.91. The Hall–Kier alpha value is -1.42. The topological polar surface area (TPSA) is 79.2 Å². The maximum Gasteiger partial charge on any atom is 0.180 e. The molecule has 1 aliphatic rings. The van der Waals surface area contributed by atoms with E-state index in [0.717, 1.165) is 19.4 Å². The van der Waals surface area contributed by atoms with Gasteiger partial charge in [-0.3, -0.25) is 0 Å². The molecule has 0 aliphatic heterocycles. The fourth-order valence-electron chi connectivity index (χ4n) is 2.47. The summed E-state index contributed by atoms with van der Waals surface area (Å²) in [6.07, 6.45) is 2.17. The van der Waals surface area contributed by atoms with Gasteiger partial charge in [0, 0.05) is 0 Å². The Balaban J connectivity index is 1.81. The van der Waals surface area contributed by atoms with Crippen molar-refractivity contribution in [3.8, 4) is 6.07 Å². The van der Waals surface area contributed by atoms with Crippen molar-refractivity contribution in [2.45, 2.75) is 23.8 Å². The van der Waals surface area contributed by atoms with E-state index < -0.39 is 9.84 Å². The Kier molecular flexibility index (Phi) is 5.34. The fraction of sp³-hybridized carbons (Fsp3) is 0.533. The molecule has 0 radical (unpaired) electrons. The molecule has 0 amide bonds. The van der Waals surface area contributed by atoms with E-state index in [1.807, 2.05) is 13.1 Å². The number of sulfone groups is 1. The zero-order valence-corrected chi connectivity index (χ0v) is 12.9. The molecule has 2 rings (SSSR count). The SMILES string of the molecule is CNCC1CC(OCCS(=O)(=O)c2cccc(C#N)c2)C1. The first-order chi connectivity index (χ1) is 10.0. The van der Waals surface area contributed by atoms with Crippen molar-refractivity contribution in [3.05, 3.63) is 29.8 Å². The zero-order chi connectivity index (χ0) is 15.3. The standard InChI is InChI=1S/C15H20N2O3S/c1-17-11-13-7-14(8-13)20-5-6-21(18,19)15-4-2-3-12(9-15)10-16/h2-4,9,13-14,17H,5-8,11H2,1H3. The lowest BCUT2D eigenvalue weighted by atomic mass is 9.82. The summed E-state index contributed by atoms with van der Waals surface area (Å²) in [4.78, 5) is 0.187. The molecule has 6 heteroatoms. The van der Waals surface area contributed by atoms with Gasteiger partial charge in [0.2, 0.25) is 0 Å². The largest absolute Gasteiger partial charge is 0.377 e. The Morgan fingerprint density at radius 2 is 2.19 bits per heavy atom. The molecular formula is C15H20N2O3S. The summed E-state index contributed by atoms with van der Waals surface area (Å²) in [6.45, 7) is 1.19. The second-order valence-corrected chi connectivity index (χ2v) is 7.46. The number of rotatable bonds is 7. The highest BCUT2D eigenvalue weighted by Gasteiger charge is 2.29. The van der Waals surface area contributed by atoms with Crippen LogP contribution in [0.1, 0.15) is 18.4 Å². The Bertz CT molecular complexity index is 616.